The molecule has 0 saturated heterocycles. The van der Waals surface area contributed by atoms with E-state index in [4.69, 9.17) is 4.74 Å². The van der Waals surface area contributed by atoms with Crippen LogP contribution in [0.15, 0.2) is 60.7 Å². The first-order valence-electron chi connectivity index (χ1n) is 9.05. The molecule has 0 aliphatic rings. The lowest BCUT2D eigenvalue weighted by atomic mass is 10.2. The van der Waals surface area contributed by atoms with E-state index in [0.29, 0.717) is 0 Å². The van der Waals surface area contributed by atoms with Gasteiger partial charge >= 0.3 is 0 Å². The molecule has 25 heavy (non-hydrogen) atoms. The molecule has 0 saturated carbocycles. The van der Waals surface area contributed by atoms with Crippen molar-refractivity contribution in [1.29, 1.82) is 0 Å². The van der Waals surface area contributed by atoms with Gasteiger partial charge in [-0.15, -0.1) is 0 Å². The zero-order chi connectivity index (χ0) is 17.7. The van der Waals surface area contributed by atoms with E-state index in [2.05, 4.69) is 12.2 Å². The molecule has 2 aromatic carbocycles. The predicted octanol–water partition coefficient (Wildman–Crippen LogP) is 5.69. The third-order valence-electron chi connectivity index (χ3n) is 3.84. The van der Waals surface area contributed by atoms with Crippen molar-refractivity contribution >= 4 is 17.7 Å². The van der Waals surface area contributed by atoms with Gasteiger partial charge in [0.05, 0.1) is 6.61 Å². The normalized spacial score (nSPS) is 10.8. The Hall–Kier alpha value is -2.55. The van der Waals surface area contributed by atoms with Crippen LogP contribution in [0.5, 0.6) is 5.75 Å². The van der Waals surface area contributed by atoms with Crippen molar-refractivity contribution in [2.45, 2.75) is 39.0 Å². The Morgan fingerprint density at radius 3 is 2.60 bits per heavy atom. The number of benzene rings is 2. The van der Waals surface area contributed by atoms with E-state index in [0.717, 1.165) is 30.0 Å². The number of carbonyl (C=O) groups excluding carboxylic acids is 1. The predicted molar refractivity (Wildman–Crippen MR) is 105 cm³/mol. The summed E-state index contributed by atoms with van der Waals surface area (Å²) in [7, 11) is 0. The summed E-state index contributed by atoms with van der Waals surface area (Å²) in [6, 6.07) is 17.3. The molecular formula is C22H27NO2. The lowest BCUT2D eigenvalue weighted by molar-refractivity contribution is -0.111. The minimum atomic E-state index is -0.152. The standard InChI is InChI=1S/C22H27NO2/c1-2-3-4-5-9-17-25-21-14-10-13-20(18-21)23-22(24)16-15-19-11-7-6-8-12-19/h6-8,10-16,18H,2-5,9,17H2,1H3,(H,23,24)/b16-15+. The molecule has 0 aromatic heterocycles. The third-order valence-corrected chi connectivity index (χ3v) is 3.84. The summed E-state index contributed by atoms with van der Waals surface area (Å²) in [5.74, 6) is 0.640. The summed E-state index contributed by atoms with van der Waals surface area (Å²) in [6.07, 6.45) is 9.41. The molecule has 132 valence electrons. The van der Waals surface area contributed by atoms with E-state index in [1.165, 1.54) is 31.8 Å². The fraction of sp³-hybridized carbons (Fsp3) is 0.318. The average molecular weight is 337 g/mol. The van der Waals surface area contributed by atoms with Gasteiger partial charge in [0, 0.05) is 17.8 Å². The molecule has 0 atom stereocenters. The first kappa shape index (κ1) is 18.8. The summed E-state index contributed by atoms with van der Waals surface area (Å²) in [4.78, 5) is 12.0. The van der Waals surface area contributed by atoms with Crippen LogP contribution in [0.2, 0.25) is 0 Å². The van der Waals surface area contributed by atoms with Gasteiger partial charge in [0.2, 0.25) is 5.91 Å². The summed E-state index contributed by atoms with van der Waals surface area (Å²) < 4.78 is 5.77. The topological polar surface area (TPSA) is 38.3 Å². The van der Waals surface area contributed by atoms with Crippen LogP contribution < -0.4 is 10.1 Å². The molecule has 0 fully saturated rings. The molecule has 0 unspecified atom stereocenters. The molecule has 2 aromatic rings. The summed E-state index contributed by atoms with van der Waals surface area (Å²) in [6.45, 7) is 2.93. The van der Waals surface area contributed by atoms with Gasteiger partial charge in [-0.1, -0.05) is 69.0 Å². The second-order valence-electron chi connectivity index (χ2n) is 6.02. The maximum atomic E-state index is 12.0. The number of carbonyl (C=O) groups is 1. The molecule has 3 nitrogen and oxygen atoms in total. The number of hydrogen-bond acceptors (Lipinski definition) is 2. The van der Waals surface area contributed by atoms with Crippen molar-refractivity contribution in [3.8, 4) is 5.75 Å². The first-order valence-corrected chi connectivity index (χ1v) is 9.05. The first-order chi connectivity index (χ1) is 12.3. The number of unbranched alkanes of at least 4 members (excludes halogenated alkanes) is 4. The van der Waals surface area contributed by atoms with E-state index in [-0.39, 0.29) is 5.91 Å². The van der Waals surface area contributed by atoms with Crippen molar-refractivity contribution in [1.82, 2.24) is 0 Å². The minimum absolute atomic E-state index is 0.152. The Morgan fingerprint density at radius 2 is 1.80 bits per heavy atom. The van der Waals surface area contributed by atoms with Gasteiger partial charge in [0.15, 0.2) is 0 Å². The fourth-order valence-electron chi connectivity index (χ4n) is 2.48. The summed E-state index contributed by atoms with van der Waals surface area (Å²) in [5.41, 5.74) is 1.74. The highest BCUT2D eigenvalue weighted by atomic mass is 16.5. The quantitative estimate of drug-likeness (QED) is 0.447. The van der Waals surface area contributed by atoms with E-state index >= 15 is 0 Å². The summed E-state index contributed by atoms with van der Waals surface area (Å²) >= 11 is 0. The average Bonchev–Trinajstić information content (AvgIpc) is 2.64. The van der Waals surface area contributed by atoms with Crippen LogP contribution in [-0.4, -0.2) is 12.5 Å². The van der Waals surface area contributed by atoms with Crippen LogP contribution in [0, 0.1) is 0 Å². The minimum Gasteiger partial charge on any atom is -0.494 e. The number of ether oxygens (including phenoxy) is 1. The van der Waals surface area contributed by atoms with Crippen LogP contribution in [0.1, 0.15) is 44.6 Å². The Balaban J connectivity index is 1.78. The van der Waals surface area contributed by atoms with E-state index in [1.807, 2.05) is 54.6 Å². The molecule has 0 aliphatic carbocycles. The molecule has 2 rings (SSSR count). The molecular weight excluding hydrogens is 310 g/mol. The maximum Gasteiger partial charge on any atom is 0.248 e. The van der Waals surface area contributed by atoms with Gasteiger partial charge in [-0.25, -0.2) is 0 Å². The zero-order valence-corrected chi connectivity index (χ0v) is 14.9. The van der Waals surface area contributed by atoms with Crippen LogP contribution in [0.4, 0.5) is 5.69 Å². The SMILES string of the molecule is CCCCCCCOc1cccc(NC(=O)/C=C/c2ccccc2)c1. The third kappa shape index (κ3) is 7.71. The second kappa shape index (κ2) is 11.1. The molecule has 0 aliphatic heterocycles. The molecule has 3 heteroatoms. The van der Waals surface area contributed by atoms with Crippen molar-refractivity contribution in [3.63, 3.8) is 0 Å². The molecule has 1 N–H and O–H groups in total. The van der Waals surface area contributed by atoms with E-state index < -0.39 is 0 Å². The second-order valence-corrected chi connectivity index (χ2v) is 6.02. The Kier molecular flexibility index (Phi) is 8.33. The largest absolute Gasteiger partial charge is 0.494 e. The Labute approximate surface area is 150 Å². The van der Waals surface area contributed by atoms with Gasteiger partial charge in [0.1, 0.15) is 5.75 Å². The molecule has 1 amide bonds. The van der Waals surface area contributed by atoms with Crippen molar-refractivity contribution in [2.75, 3.05) is 11.9 Å². The van der Waals surface area contributed by atoms with Gasteiger partial charge < -0.3 is 10.1 Å². The van der Waals surface area contributed by atoms with Crippen molar-refractivity contribution < 1.29 is 9.53 Å². The van der Waals surface area contributed by atoms with Crippen LogP contribution in [0.25, 0.3) is 6.08 Å². The van der Waals surface area contributed by atoms with Crippen molar-refractivity contribution in [3.05, 3.63) is 66.2 Å². The molecule has 0 heterocycles. The number of anilines is 1. The van der Waals surface area contributed by atoms with Crippen LogP contribution in [-0.2, 0) is 4.79 Å². The highest BCUT2D eigenvalue weighted by Gasteiger charge is 2.00. The lowest BCUT2D eigenvalue weighted by Crippen LogP contribution is -2.08. The number of rotatable bonds is 10. The van der Waals surface area contributed by atoms with E-state index in [9.17, 15) is 4.79 Å². The fourth-order valence-corrected chi connectivity index (χ4v) is 2.48. The van der Waals surface area contributed by atoms with Gasteiger partial charge in [-0.3, -0.25) is 4.79 Å². The zero-order valence-electron chi connectivity index (χ0n) is 14.9. The Bertz CT molecular complexity index is 665. The van der Waals surface area contributed by atoms with E-state index in [1.54, 1.807) is 6.08 Å². The van der Waals surface area contributed by atoms with Crippen LogP contribution >= 0.6 is 0 Å². The molecule has 0 radical (unpaired) electrons. The van der Waals surface area contributed by atoms with Gasteiger partial charge in [-0.05, 0) is 30.2 Å². The number of nitrogens with one attached hydrogen (secondary N) is 1. The molecule has 0 spiro atoms. The summed E-state index contributed by atoms with van der Waals surface area (Å²) in [5, 5.41) is 2.87. The monoisotopic (exact) mass is 337 g/mol. The lowest BCUT2D eigenvalue weighted by Gasteiger charge is -2.08. The highest BCUT2D eigenvalue weighted by molar-refractivity contribution is 6.02. The number of amides is 1. The van der Waals surface area contributed by atoms with Crippen molar-refractivity contribution in [2.24, 2.45) is 0 Å². The van der Waals surface area contributed by atoms with Gasteiger partial charge in [0.25, 0.3) is 0 Å². The molecule has 0 bridgehead atoms. The number of hydrogen-bond donors (Lipinski definition) is 1. The van der Waals surface area contributed by atoms with Gasteiger partial charge in [-0.2, -0.15) is 0 Å². The smallest absolute Gasteiger partial charge is 0.248 e. The highest BCUT2D eigenvalue weighted by Crippen LogP contribution is 2.18. The maximum absolute atomic E-state index is 12.0. The Morgan fingerprint density at radius 1 is 1.00 bits per heavy atom. The van der Waals surface area contributed by atoms with Crippen LogP contribution in [0.3, 0.4) is 0 Å².